The van der Waals surface area contributed by atoms with Gasteiger partial charge in [0.2, 0.25) is 0 Å². The topological polar surface area (TPSA) is 56.1 Å². The van der Waals surface area contributed by atoms with Gasteiger partial charge in [0.1, 0.15) is 5.54 Å². The van der Waals surface area contributed by atoms with Gasteiger partial charge in [0, 0.05) is 11.4 Å². The molecule has 2 aromatic rings. The van der Waals surface area contributed by atoms with Crippen molar-refractivity contribution in [1.29, 1.82) is 5.26 Å². The van der Waals surface area contributed by atoms with Crippen molar-refractivity contribution in [1.82, 2.24) is 0 Å². The minimum absolute atomic E-state index is 0.161. The minimum atomic E-state index is -0.947. The molecule has 0 aliphatic carbocycles. The third kappa shape index (κ3) is 2.13. The van der Waals surface area contributed by atoms with Crippen LogP contribution in [0.15, 0.2) is 54.6 Å². The van der Waals surface area contributed by atoms with E-state index in [1.807, 2.05) is 48.5 Å². The third-order valence-electron chi connectivity index (χ3n) is 3.73. The molecule has 1 unspecified atom stereocenters. The first-order chi connectivity index (χ1) is 10.2. The van der Waals surface area contributed by atoms with E-state index >= 15 is 0 Å². The van der Waals surface area contributed by atoms with Gasteiger partial charge in [-0.05, 0) is 31.2 Å². The summed E-state index contributed by atoms with van der Waals surface area (Å²) in [5, 5.41) is 12.8. The number of para-hydroxylation sites is 2. The van der Waals surface area contributed by atoms with E-state index in [-0.39, 0.29) is 5.91 Å². The lowest BCUT2D eigenvalue weighted by Gasteiger charge is -2.34. The normalized spacial score (nSPS) is 21.0. The monoisotopic (exact) mass is 277 g/mol. The van der Waals surface area contributed by atoms with E-state index in [0.29, 0.717) is 12.1 Å². The molecule has 104 valence electrons. The molecule has 4 heteroatoms. The fourth-order valence-electron chi connectivity index (χ4n) is 2.58. The lowest BCUT2D eigenvalue weighted by molar-refractivity contribution is 0.0974. The molecule has 0 radical (unpaired) electrons. The Bertz CT molecular complexity index is 720. The number of benzene rings is 2. The summed E-state index contributed by atoms with van der Waals surface area (Å²) >= 11 is 0. The van der Waals surface area contributed by atoms with E-state index in [4.69, 9.17) is 0 Å². The van der Waals surface area contributed by atoms with Gasteiger partial charge in [-0.2, -0.15) is 5.26 Å². The van der Waals surface area contributed by atoms with Crippen molar-refractivity contribution in [2.24, 2.45) is 0 Å². The van der Waals surface area contributed by atoms with E-state index < -0.39 is 5.54 Å². The molecular weight excluding hydrogens is 262 g/mol. The van der Waals surface area contributed by atoms with E-state index in [1.54, 1.807) is 17.9 Å². The van der Waals surface area contributed by atoms with Crippen molar-refractivity contribution in [3.05, 3.63) is 60.2 Å². The van der Waals surface area contributed by atoms with Gasteiger partial charge in [0.25, 0.3) is 5.91 Å². The van der Waals surface area contributed by atoms with E-state index in [1.165, 1.54) is 0 Å². The van der Waals surface area contributed by atoms with Crippen LogP contribution in [-0.2, 0) is 0 Å². The molecule has 1 atom stereocenters. The van der Waals surface area contributed by atoms with Crippen LogP contribution < -0.4 is 10.2 Å². The van der Waals surface area contributed by atoms with E-state index in [9.17, 15) is 10.1 Å². The predicted octanol–water partition coefficient (Wildman–Crippen LogP) is 3.04. The van der Waals surface area contributed by atoms with Gasteiger partial charge in [-0.25, -0.2) is 0 Å². The van der Waals surface area contributed by atoms with Crippen molar-refractivity contribution in [2.75, 3.05) is 16.8 Å². The standard InChI is InChI=1S/C17H15N3O/c1-17(11-18)12-19-15-10-6-5-9-14(15)16(21)20(17)13-7-3-2-4-8-13/h2-10,19H,12H2,1H3. The summed E-state index contributed by atoms with van der Waals surface area (Å²) in [6.07, 6.45) is 0. The fourth-order valence-corrected chi connectivity index (χ4v) is 2.58. The number of carbonyl (C=O) groups excluding carboxylic acids is 1. The largest absolute Gasteiger partial charge is 0.381 e. The van der Waals surface area contributed by atoms with Crippen molar-refractivity contribution in [3.8, 4) is 6.07 Å². The van der Waals surface area contributed by atoms with Crippen molar-refractivity contribution in [2.45, 2.75) is 12.5 Å². The first kappa shape index (κ1) is 13.2. The number of anilines is 2. The highest BCUT2D eigenvalue weighted by molar-refractivity contribution is 6.11. The van der Waals surface area contributed by atoms with Crippen LogP contribution in [0.1, 0.15) is 17.3 Å². The van der Waals surface area contributed by atoms with Crippen LogP contribution in [-0.4, -0.2) is 18.0 Å². The molecule has 3 rings (SSSR count). The average molecular weight is 277 g/mol. The number of carbonyl (C=O) groups is 1. The summed E-state index contributed by atoms with van der Waals surface area (Å²) in [4.78, 5) is 14.5. The highest BCUT2D eigenvalue weighted by atomic mass is 16.2. The smallest absolute Gasteiger partial charge is 0.261 e. The Morgan fingerprint density at radius 1 is 1.14 bits per heavy atom. The zero-order valence-electron chi connectivity index (χ0n) is 11.7. The van der Waals surface area contributed by atoms with E-state index in [0.717, 1.165) is 11.4 Å². The molecule has 0 saturated carbocycles. The molecule has 4 nitrogen and oxygen atoms in total. The van der Waals surface area contributed by atoms with Crippen LogP contribution in [0.4, 0.5) is 11.4 Å². The van der Waals surface area contributed by atoms with Crippen LogP contribution in [0.3, 0.4) is 0 Å². The van der Waals surface area contributed by atoms with Crippen LogP contribution >= 0.6 is 0 Å². The van der Waals surface area contributed by atoms with Gasteiger partial charge in [0.15, 0.2) is 0 Å². The summed E-state index contributed by atoms with van der Waals surface area (Å²) in [6.45, 7) is 2.15. The molecule has 2 aromatic carbocycles. The molecule has 0 bridgehead atoms. The molecule has 1 aliphatic heterocycles. The molecule has 1 N–H and O–H groups in total. The molecule has 0 aromatic heterocycles. The van der Waals surface area contributed by atoms with E-state index in [2.05, 4.69) is 11.4 Å². The van der Waals surface area contributed by atoms with Crippen molar-refractivity contribution >= 4 is 17.3 Å². The molecule has 0 fully saturated rings. The Balaban J connectivity index is 2.18. The molecule has 1 heterocycles. The van der Waals surface area contributed by atoms with Gasteiger partial charge in [-0.1, -0.05) is 30.3 Å². The number of rotatable bonds is 1. The van der Waals surface area contributed by atoms with Crippen LogP contribution in [0, 0.1) is 11.3 Å². The van der Waals surface area contributed by atoms with Gasteiger partial charge in [-0.15, -0.1) is 0 Å². The fraction of sp³-hybridized carbons (Fsp3) is 0.176. The molecule has 0 spiro atoms. The summed E-state index contributed by atoms with van der Waals surface area (Å²) in [7, 11) is 0. The van der Waals surface area contributed by atoms with Gasteiger partial charge < -0.3 is 5.32 Å². The first-order valence-electron chi connectivity index (χ1n) is 6.79. The number of nitrogens with one attached hydrogen (secondary N) is 1. The number of nitrogens with zero attached hydrogens (tertiary/aromatic N) is 2. The van der Waals surface area contributed by atoms with Crippen LogP contribution in [0.2, 0.25) is 0 Å². The van der Waals surface area contributed by atoms with Gasteiger partial charge >= 0.3 is 0 Å². The number of hydrogen-bond donors (Lipinski definition) is 1. The summed E-state index contributed by atoms with van der Waals surface area (Å²) in [6, 6.07) is 18.9. The highest BCUT2D eigenvalue weighted by Gasteiger charge is 2.40. The molecule has 21 heavy (non-hydrogen) atoms. The number of hydrogen-bond acceptors (Lipinski definition) is 3. The molecular formula is C17H15N3O. The van der Waals surface area contributed by atoms with Crippen LogP contribution in [0.25, 0.3) is 0 Å². The Hall–Kier alpha value is -2.80. The zero-order chi connectivity index (χ0) is 14.9. The first-order valence-corrected chi connectivity index (χ1v) is 6.79. The summed E-state index contributed by atoms with van der Waals surface area (Å²) < 4.78 is 0. The van der Waals surface area contributed by atoms with Crippen molar-refractivity contribution in [3.63, 3.8) is 0 Å². The van der Waals surface area contributed by atoms with Crippen LogP contribution in [0.5, 0.6) is 0 Å². The maximum absolute atomic E-state index is 12.9. The second-order valence-electron chi connectivity index (χ2n) is 5.26. The average Bonchev–Trinajstić information content (AvgIpc) is 2.64. The zero-order valence-corrected chi connectivity index (χ0v) is 11.7. The predicted molar refractivity (Wildman–Crippen MR) is 82.2 cm³/mol. The second-order valence-corrected chi connectivity index (χ2v) is 5.26. The number of amides is 1. The Labute approximate surface area is 123 Å². The van der Waals surface area contributed by atoms with Gasteiger partial charge in [0.05, 0.1) is 18.2 Å². The molecule has 1 amide bonds. The maximum atomic E-state index is 12.9. The number of fused-ring (bicyclic) bond motifs is 1. The highest BCUT2D eigenvalue weighted by Crippen LogP contribution is 2.31. The molecule has 0 saturated heterocycles. The maximum Gasteiger partial charge on any atom is 0.261 e. The lowest BCUT2D eigenvalue weighted by Crippen LogP contribution is -2.51. The Kier molecular flexibility index (Phi) is 3.11. The Morgan fingerprint density at radius 3 is 2.52 bits per heavy atom. The summed E-state index contributed by atoms with van der Waals surface area (Å²) in [5.41, 5.74) is 1.13. The minimum Gasteiger partial charge on any atom is -0.381 e. The SMILES string of the molecule is CC1(C#N)CNc2ccccc2C(=O)N1c1ccccc1. The van der Waals surface area contributed by atoms with Gasteiger partial charge in [-0.3, -0.25) is 9.69 Å². The van der Waals surface area contributed by atoms with Crippen molar-refractivity contribution < 1.29 is 4.79 Å². The summed E-state index contributed by atoms with van der Waals surface area (Å²) in [5.74, 6) is -0.161. The number of nitriles is 1. The quantitative estimate of drug-likeness (QED) is 0.871. The second kappa shape index (κ2) is 4.95. The lowest BCUT2D eigenvalue weighted by atomic mass is 10.0. The third-order valence-corrected chi connectivity index (χ3v) is 3.73. The Morgan fingerprint density at radius 2 is 1.81 bits per heavy atom. The molecule has 1 aliphatic rings.